The maximum absolute atomic E-state index is 11.9. The lowest BCUT2D eigenvalue weighted by molar-refractivity contribution is -0.144. The molecule has 9 heteroatoms. The van der Waals surface area contributed by atoms with E-state index in [0.29, 0.717) is 6.54 Å². The average Bonchev–Trinajstić information content (AvgIpc) is 2.41. The molecule has 0 spiro atoms. The van der Waals surface area contributed by atoms with Crippen LogP contribution in [0.5, 0.6) is 0 Å². The Kier molecular flexibility index (Phi) is 5.94. The van der Waals surface area contributed by atoms with Crippen LogP contribution in [-0.4, -0.2) is 66.0 Å². The number of nitrogens with zero attached hydrogens (tertiary/aromatic N) is 1. The third-order valence-electron chi connectivity index (χ3n) is 2.84. The number of carboxylic acids is 1. The molecule has 0 aromatic rings. The zero-order chi connectivity index (χ0) is 16.0. The minimum absolute atomic E-state index is 0.152. The highest BCUT2D eigenvalue weighted by Crippen LogP contribution is 2.04. The fourth-order valence-electron chi connectivity index (χ4n) is 1.71. The first-order valence-corrected chi connectivity index (χ1v) is 6.62. The van der Waals surface area contributed by atoms with E-state index >= 15 is 0 Å². The van der Waals surface area contributed by atoms with Gasteiger partial charge in [-0.1, -0.05) is 13.8 Å². The number of carbonyl (C=O) groups excluding carboxylic acids is 3. The third kappa shape index (κ3) is 5.28. The Morgan fingerprint density at radius 2 is 2.05 bits per heavy atom. The second-order valence-electron chi connectivity index (χ2n) is 5.14. The second kappa shape index (κ2) is 7.46. The first-order chi connectivity index (χ1) is 9.81. The van der Waals surface area contributed by atoms with Crippen LogP contribution in [0.4, 0.5) is 4.79 Å². The van der Waals surface area contributed by atoms with E-state index in [4.69, 9.17) is 5.11 Å². The Morgan fingerprint density at radius 3 is 2.62 bits per heavy atom. The number of hydrogen-bond donors (Lipinski definition) is 4. The molecule has 0 bridgehead atoms. The van der Waals surface area contributed by atoms with E-state index in [9.17, 15) is 19.2 Å². The molecular weight excluding hydrogens is 280 g/mol. The van der Waals surface area contributed by atoms with Gasteiger partial charge in [-0.15, -0.1) is 0 Å². The Labute approximate surface area is 122 Å². The molecule has 9 nitrogen and oxygen atoms in total. The van der Waals surface area contributed by atoms with Crippen molar-refractivity contribution in [3.05, 3.63) is 0 Å². The second-order valence-corrected chi connectivity index (χ2v) is 5.14. The summed E-state index contributed by atoms with van der Waals surface area (Å²) in [6.07, 6.45) is 0. The van der Waals surface area contributed by atoms with Gasteiger partial charge in [0.15, 0.2) is 0 Å². The van der Waals surface area contributed by atoms with Crippen LogP contribution in [-0.2, 0) is 14.4 Å². The first kappa shape index (κ1) is 16.7. The van der Waals surface area contributed by atoms with Crippen molar-refractivity contribution >= 4 is 23.8 Å². The van der Waals surface area contributed by atoms with Crippen LogP contribution in [0, 0.1) is 5.92 Å². The molecule has 1 heterocycles. The molecule has 0 aliphatic carbocycles. The lowest BCUT2D eigenvalue weighted by atomic mass is 10.2. The largest absolute Gasteiger partial charge is 0.480 e. The Bertz CT molecular complexity index is 437. The van der Waals surface area contributed by atoms with Crippen molar-refractivity contribution in [1.29, 1.82) is 0 Å². The summed E-state index contributed by atoms with van der Waals surface area (Å²) in [5.74, 6) is -1.74. The highest BCUT2D eigenvalue weighted by atomic mass is 16.4. The summed E-state index contributed by atoms with van der Waals surface area (Å²) in [5.41, 5.74) is 0. The van der Waals surface area contributed by atoms with Gasteiger partial charge in [-0.2, -0.15) is 0 Å². The van der Waals surface area contributed by atoms with Gasteiger partial charge in [0.1, 0.15) is 12.6 Å². The molecule has 0 radical (unpaired) electrons. The van der Waals surface area contributed by atoms with Gasteiger partial charge in [-0.05, 0) is 5.92 Å². The smallest absolute Gasteiger partial charge is 0.328 e. The van der Waals surface area contributed by atoms with Crippen LogP contribution in [0.25, 0.3) is 0 Å². The van der Waals surface area contributed by atoms with Gasteiger partial charge in [0, 0.05) is 13.1 Å². The normalized spacial score (nSPS) is 18.1. The zero-order valence-electron chi connectivity index (χ0n) is 12.0. The van der Waals surface area contributed by atoms with E-state index < -0.39 is 23.9 Å². The van der Waals surface area contributed by atoms with Crippen molar-refractivity contribution in [2.45, 2.75) is 19.9 Å². The Hall–Kier alpha value is -2.32. The quantitative estimate of drug-likeness (QED) is 0.484. The number of carboxylic acid groups (broad SMARTS) is 1. The van der Waals surface area contributed by atoms with E-state index in [-0.39, 0.29) is 31.5 Å². The number of rotatable bonds is 5. The molecule has 0 aromatic heterocycles. The standard InChI is InChI=1S/C12H20N4O5/c1-7(2)3-13-9(17)5-15-12(21)16-6-10(18)14-4-8(16)11(19)20/h7-8H,3-6H2,1-2H3,(H,13,17)(H,14,18)(H,15,21)(H,19,20). The SMILES string of the molecule is CC(C)CNC(=O)CNC(=O)N1CC(=O)NCC1C(=O)O. The van der Waals surface area contributed by atoms with E-state index in [2.05, 4.69) is 16.0 Å². The molecule has 1 fully saturated rings. The Balaban J connectivity index is 2.50. The van der Waals surface area contributed by atoms with Crippen LogP contribution in [0.1, 0.15) is 13.8 Å². The van der Waals surface area contributed by atoms with E-state index in [0.717, 1.165) is 4.90 Å². The summed E-state index contributed by atoms with van der Waals surface area (Å²) in [4.78, 5) is 46.6. The van der Waals surface area contributed by atoms with Gasteiger partial charge in [-0.25, -0.2) is 9.59 Å². The third-order valence-corrected chi connectivity index (χ3v) is 2.84. The molecule has 0 aromatic carbocycles. The highest BCUT2D eigenvalue weighted by Gasteiger charge is 2.35. The van der Waals surface area contributed by atoms with Crippen molar-refractivity contribution in [1.82, 2.24) is 20.9 Å². The molecule has 21 heavy (non-hydrogen) atoms. The minimum Gasteiger partial charge on any atom is -0.480 e. The topological polar surface area (TPSA) is 128 Å². The average molecular weight is 300 g/mol. The molecular formula is C12H20N4O5. The van der Waals surface area contributed by atoms with Gasteiger partial charge in [0.05, 0.1) is 6.54 Å². The molecule has 1 aliphatic rings. The summed E-state index contributed by atoms with van der Waals surface area (Å²) in [7, 11) is 0. The molecule has 0 saturated carbocycles. The number of hydrogen-bond acceptors (Lipinski definition) is 4. The lowest BCUT2D eigenvalue weighted by Gasteiger charge is -2.32. The molecule has 1 saturated heterocycles. The van der Waals surface area contributed by atoms with Crippen molar-refractivity contribution in [3.63, 3.8) is 0 Å². The fraction of sp³-hybridized carbons (Fsp3) is 0.667. The van der Waals surface area contributed by atoms with Gasteiger partial charge < -0.3 is 21.1 Å². The maximum Gasteiger partial charge on any atom is 0.328 e. The zero-order valence-corrected chi connectivity index (χ0v) is 12.0. The summed E-state index contributed by atoms with van der Waals surface area (Å²) >= 11 is 0. The summed E-state index contributed by atoms with van der Waals surface area (Å²) in [5, 5.41) is 16.3. The van der Waals surface area contributed by atoms with Gasteiger partial charge in [0.25, 0.3) is 0 Å². The number of piperazine rings is 1. The number of nitrogens with one attached hydrogen (secondary N) is 3. The van der Waals surface area contributed by atoms with Crippen LogP contribution in [0.15, 0.2) is 0 Å². The van der Waals surface area contributed by atoms with E-state index in [1.807, 2.05) is 13.8 Å². The van der Waals surface area contributed by atoms with Crippen LogP contribution >= 0.6 is 0 Å². The molecule has 1 rings (SSSR count). The number of urea groups is 1. The number of aliphatic carboxylic acids is 1. The molecule has 1 atom stereocenters. The monoisotopic (exact) mass is 300 g/mol. The van der Waals surface area contributed by atoms with Crippen LogP contribution < -0.4 is 16.0 Å². The molecule has 1 unspecified atom stereocenters. The van der Waals surface area contributed by atoms with E-state index in [1.54, 1.807) is 0 Å². The molecule has 118 valence electrons. The molecule has 4 amide bonds. The Morgan fingerprint density at radius 1 is 1.38 bits per heavy atom. The predicted octanol–water partition coefficient (Wildman–Crippen LogP) is -1.65. The summed E-state index contributed by atoms with van der Waals surface area (Å²) in [6.45, 7) is 3.58. The van der Waals surface area contributed by atoms with Crippen molar-refractivity contribution < 1.29 is 24.3 Å². The fourth-order valence-corrected chi connectivity index (χ4v) is 1.71. The number of carbonyl (C=O) groups is 4. The van der Waals surface area contributed by atoms with Gasteiger partial charge in [0.2, 0.25) is 11.8 Å². The van der Waals surface area contributed by atoms with Crippen molar-refractivity contribution in [3.8, 4) is 0 Å². The first-order valence-electron chi connectivity index (χ1n) is 6.62. The van der Waals surface area contributed by atoms with E-state index in [1.165, 1.54) is 0 Å². The van der Waals surface area contributed by atoms with Crippen molar-refractivity contribution in [2.75, 3.05) is 26.2 Å². The van der Waals surface area contributed by atoms with Gasteiger partial charge in [-0.3, -0.25) is 14.5 Å². The number of amides is 4. The lowest BCUT2D eigenvalue weighted by Crippen LogP contribution is -2.61. The maximum atomic E-state index is 11.9. The van der Waals surface area contributed by atoms with Gasteiger partial charge >= 0.3 is 12.0 Å². The summed E-state index contributed by atoms with van der Waals surface area (Å²) < 4.78 is 0. The van der Waals surface area contributed by atoms with Crippen molar-refractivity contribution in [2.24, 2.45) is 5.92 Å². The highest BCUT2D eigenvalue weighted by molar-refractivity contribution is 5.92. The molecule has 1 aliphatic heterocycles. The summed E-state index contributed by atoms with van der Waals surface area (Å²) in [6, 6.07) is -1.89. The van der Waals surface area contributed by atoms with Crippen LogP contribution in [0.2, 0.25) is 0 Å². The minimum atomic E-state index is -1.21. The predicted molar refractivity (Wildman–Crippen MR) is 72.4 cm³/mol. The molecule has 4 N–H and O–H groups in total. The van der Waals surface area contributed by atoms with Crippen LogP contribution in [0.3, 0.4) is 0 Å².